The van der Waals surface area contributed by atoms with Gasteiger partial charge in [0.25, 0.3) is 5.56 Å². The Kier molecular flexibility index (Phi) is 4.69. The molecule has 10 heteroatoms. The van der Waals surface area contributed by atoms with Crippen LogP contribution >= 0.6 is 11.6 Å². The molecule has 0 fully saturated rings. The number of aromatic amines is 1. The second kappa shape index (κ2) is 5.47. The third-order valence-electron chi connectivity index (χ3n) is 2.83. The summed E-state index contributed by atoms with van der Waals surface area (Å²) in [5.74, 6) is 0. The van der Waals surface area contributed by atoms with Crippen LogP contribution in [-0.4, -0.2) is 39.4 Å². The summed E-state index contributed by atoms with van der Waals surface area (Å²) in [6.45, 7) is 2.51. The number of hydrogen-bond acceptors (Lipinski definition) is 5. The average molecular weight is 343 g/mol. The van der Waals surface area contributed by atoms with Gasteiger partial charge in [-0.05, 0) is 19.9 Å². The van der Waals surface area contributed by atoms with Crippen molar-refractivity contribution in [1.82, 2.24) is 9.71 Å². The van der Waals surface area contributed by atoms with Crippen molar-refractivity contribution < 1.29 is 16.8 Å². The summed E-state index contributed by atoms with van der Waals surface area (Å²) in [5.41, 5.74) is -0.609. The number of H-pyrrole nitrogens is 1. The molecule has 0 unspecified atom stereocenters. The predicted octanol–water partition coefficient (Wildman–Crippen LogP) is 0.130. The van der Waals surface area contributed by atoms with Crippen LogP contribution < -0.4 is 10.3 Å². The minimum Gasteiger partial charge on any atom is -0.326 e. The zero-order valence-electron chi connectivity index (χ0n) is 11.1. The molecule has 0 aliphatic carbocycles. The van der Waals surface area contributed by atoms with Crippen molar-refractivity contribution in [2.75, 3.05) is 12.8 Å². The van der Waals surface area contributed by atoms with Crippen LogP contribution in [0, 0.1) is 0 Å². The Morgan fingerprint density at radius 3 is 2.30 bits per heavy atom. The fourth-order valence-electron chi connectivity index (χ4n) is 1.08. The van der Waals surface area contributed by atoms with Crippen LogP contribution in [-0.2, 0) is 19.9 Å². The van der Waals surface area contributed by atoms with E-state index in [2.05, 4.69) is 9.71 Å². The first kappa shape index (κ1) is 17.2. The number of sulfonamides is 1. The number of aromatic nitrogens is 1. The lowest BCUT2D eigenvalue weighted by Crippen LogP contribution is -2.43. The molecule has 0 bridgehead atoms. The molecule has 0 spiro atoms. The van der Waals surface area contributed by atoms with Crippen LogP contribution in [0.3, 0.4) is 0 Å². The van der Waals surface area contributed by atoms with Crippen LogP contribution in [0.2, 0.25) is 5.02 Å². The molecule has 0 aliphatic rings. The molecule has 0 atom stereocenters. The van der Waals surface area contributed by atoms with Gasteiger partial charge in [0.15, 0.2) is 9.84 Å². The van der Waals surface area contributed by atoms with Gasteiger partial charge in [0.1, 0.15) is 5.02 Å². The van der Waals surface area contributed by atoms with Crippen molar-refractivity contribution in [3.05, 3.63) is 27.6 Å². The molecule has 0 aliphatic heterocycles. The molecule has 1 heterocycles. The Hall–Kier alpha value is -0.900. The largest absolute Gasteiger partial charge is 0.326 e. The fourth-order valence-corrected chi connectivity index (χ4v) is 2.94. The number of halogens is 1. The van der Waals surface area contributed by atoms with E-state index < -0.39 is 30.2 Å². The van der Waals surface area contributed by atoms with Crippen LogP contribution in [0.25, 0.3) is 0 Å². The van der Waals surface area contributed by atoms with Crippen LogP contribution in [0.4, 0.5) is 0 Å². The van der Waals surface area contributed by atoms with Crippen molar-refractivity contribution in [2.24, 2.45) is 0 Å². The molecular weight excluding hydrogens is 328 g/mol. The number of sulfone groups is 1. The van der Waals surface area contributed by atoms with E-state index in [4.69, 9.17) is 11.6 Å². The average Bonchev–Trinajstić information content (AvgIpc) is 2.29. The molecule has 1 rings (SSSR count). The lowest BCUT2D eigenvalue weighted by molar-refractivity contribution is 0.537. The Bertz CT molecular complexity index is 765. The highest BCUT2D eigenvalue weighted by molar-refractivity contribution is 7.92. The monoisotopic (exact) mass is 342 g/mol. The molecule has 2 N–H and O–H groups in total. The summed E-state index contributed by atoms with van der Waals surface area (Å²) in [4.78, 5) is 13.0. The van der Waals surface area contributed by atoms with Crippen LogP contribution in [0.15, 0.2) is 22.0 Å². The predicted molar refractivity (Wildman–Crippen MR) is 76.2 cm³/mol. The zero-order valence-corrected chi connectivity index (χ0v) is 13.5. The normalized spacial score (nSPS) is 13.4. The number of rotatable bonds is 5. The first-order valence-corrected chi connectivity index (χ1v) is 9.19. The summed E-state index contributed by atoms with van der Waals surface area (Å²) in [6, 6.07) is 0.996. The number of nitrogens with one attached hydrogen (secondary N) is 2. The molecule has 0 amide bonds. The summed E-state index contributed by atoms with van der Waals surface area (Å²) >= 11 is 5.55. The van der Waals surface area contributed by atoms with Crippen molar-refractivity contribution >= 4 is 31.5 Å². The molecule has 0 saturated carbocycles. The van der Waals surface area contributed by atoms with E-state index in [1.54, 1.807) is 0 Å². The molecule has 1 aromatic heterocycles. The third kappa shape index (κ3) is 3.81. The van der Waals surface area contributed by atoms with Gasteiger partial charge in [-0.2, -0.15) is 0 Å². The second-order valence-corrected chi connectivity index (χ2v) is 9.69. The lowest BCUT2D eigenvalue weighted by Gasteiger charge is -2.22. The van der Waals surface area contributed by atoms with Crippen LogP contribution in [0.5, 0.6) is 0 Å². The van der Waals surface area contributed by atoms with Gasteiger partial charge in [-0.25, -0.2) is 21.6 Å². The maximum atomic E-state index is 12.0. The van der Waals surface area contributed by atoms with Crippen molar-refractivity contribution in [2.45, 2.75) is 23.5 Å². The summed E-state index contributed by atoms with van der Waals surface area (Å²) in [6.07, 6.45) is 2.02. The van der Waals surface area contributed by atoms with Crippen molar-refractivity contribution in [3.8, 4) is 0 Å². The van der Waals surface area contributed by atoms with Gasteiger partial charge in [0.2, 0.25) is 10.0 Å². The van der Waals surface area contributed by atoms with E-state index >= 15 is 0 Å². The SMILES string of the molecule is CC(C)(CNS(=O)(=O)c1c[nH]c(=O)c(Cl)c1)S(C)(=O)=O. The van der Waals surface area contributed by atoms with Crippen LogP contribution in [0.1, 0.15) is 13.8 Å². The number of pyridine rings is 1. The van der Waals surface area contributed by atoms with Gasteiger partial charge in [0.05, 0.1) is 9.64 Å². The van der Waals surface area contributed by atoms with E-state index in [0.29, 0.717) is 0 Å². The molecule has 0 aromatic carbocycles. The second-order valence-electron chi connectivity index (χ2n) is 4.87. The van der Waals surface area contributed by atoms with Gasteiger partial charge in [-0.1, -0.05) is 11.6 Å². The van der Waals surface area contributed by atoms with Gasteiger partial charge < -0.3 is 4.98 Å². The first-order chi connectivity index (χ1) is 8.87. The van der Waals surface area contributed by atoms with E-state index in [9.17, 15) is 21.6 Å². The summed E-state index contributed by atoms with van der Waals surface area (Å²) in [7, 11) is -7.39. The Balaban J connectivity index is 3.03. The molecular formula is C10H15ClN2O5S2. The van der Waals surface area contributed by atoms with Crippen molar-refractivity contribution in [3.63, 3.8) is 0 Å². The minimum absolute atomic E-state index is 0.244. The highest BCUT2D eigenvalue weighted by Gasteiger charge is 2.32. The first-order valence-electron chi connectivity index (χ1n) is 5.44. The van der Waals surface area contributed by atoms with Gasteiger partial charge >= 0.3 is 0 Å². The van der Waals surface area contributed by atoms with E-state index in [0.717, 1.165) is 18.5 Å². The topological polar surface area (TPSA) is 113 Å². The standard InChI is InChI=1S/C10H15ClN2O5S2/c1-10(2,19(3,15)16)6-13-20(17,18)7-4-8(11)9(14)12-5-7/h4-5,13H,6H2,1-3H3,(H,12,14). The summed E-state index contributed by atoms with van der Waals surface area (Å²) < 4.78 is 47.9. The van der Waals surface area contributed by atoms with Crippen molar-refractivity contribution in [1.29, 1.82) is 0 Å². The molecule has 114 valence electrons. The van der Waals surface area contributed by atoms with E-state index in [-0.39, 0.29) is 16.5 Å². The smallest absolute Gasteiger partial charge is 0.266 e. The maximum absolute atomic E-state index is 12.0. The van der Waals surface area contributed by atoms with Gasteiger partial charge in [0, 0.05) is 19.0 Å². The van der Waals surface area contributed by atoms with Gasteiger partial charge in [-0.15, -0.1) is 0 Å². The van der Waals surface area contributed by atoms with E-state index in [1.807, 2.05) is 0 Å². The minimum atomic E-state index is -3.96. The van der Waals surface area contributed by atoms with Gasteiger partial charge in [-0.3, -0.25) is 4.79 Å². The van der Waals surface area contributed by atoms with E-state index in [1.165, 1.54) is 13.8 Å². The molecule has 7 nitrogen and oxygen atoms in total. The molecule has 20 heavy (non-hydrogen) atoms. The fraction of sp³-hybridized carbons (Fsp3) is 0.500. The zero-order chi connectivity index (χ0) is 15.8. The molecule has 0 radical (unpaired) electrons. The highest BCUT2D eigenvalue weighted by atomic mass is 35.5. The third-order valence-corrected chi connectivity index (χ3v) is 6.65. The Morgan fingerprint density at radius 1 is 1.30 bits per heavy atom. The summed E-state index contributed by atoms with van der Waals surface area (Å²) in [5, 5.41) is -0.268. The highest BCUT2D eigenvalue weighted by Crippen LogP contribution is 2.16. The number of hydrogen-bond donors (Lipinski definition) is 2. The maximum Gasteiger partial charge on any atom is 0.266 e. The quantitative estimate of drug-likeness (QED) is 0.789. The molecule has 1 aromatic rings. The Morgan fingerprint density at radius 2 is 1.85 bits per heavy atom. The molecule has 0 saturated heterocycles. The Labute approximate surface area is 122 Å². The lowest BCUT2D eigenvalue weighted by atomic mass is 10.2.